The van der Waals surface area contributed by atoms with Gasteiger partial charge in [-0.2, -0.15) is 0 Å². The Kier molecular flexibility index (Phi) is 6.01. The van der Waals surface area contributed by atoms with Gasteiger partial charge >= 0.3 is 0 Å². The van der Waals surface area contributed by atoms with Crippen LogP contribution in [0.3, 0.4) is 0 Å². The number of ether oxygens (including phenoxy) is 1. The van der Waals surface area contributed by atoms with Crippen molar-refractivity contribution >= 4 is 31.9 Å². The number of hydrogen-bond acceptors (Lipinski definition) is 1. The first-order valence-corrected chi connectivity index (χ1v) is 7.93. The Balaban J connectivity index is 2.75. The lowest BCUT2D eigenvalue weighted by Gasteiger charge is -2.29. The van der Waals surface area contributed by atoms with E-state index in [4.69, 9.17) is 4.74 Å². The smallest absolute Gasteiger partial charge is 0.123 e. The molecule has 1 aromatic rings. The molecule has 0 atom stereocenters. The van der Waals surface area contributed by atoms with Crippen molar-refractivity contribution in [2.75, 3.05) is 11.9 Å². The van der Waals surface area contributed by atoms with Gasteiger partial charge in [0.25, 0.3) is 0 Å². The highest BCUT2D eigenvalue weighted by molar-refractivity contribution is 9.10. The molecule has 0 fully saturated rings. The molecule has 0 amide bonds. The number of benzene rings is 1. The molecule has 3 heteroatoms. The maximum Gasteiger partial charge on any atom is 0.123 e. The summed E-state index contributed by atoms with van der Waals surface area (Å²) in [7, 11) is 0. The topological polar surface area (TPSA) is 9.23 Å². The molecule has 96 valence electrons. The average molecular weight is 364 g/mol. The first-order valence-electron chi connectivity index (χ1n) is 6.02. The second-order valence-electron chi connectivity index (χ2n) is 4.54. The fourth-order valence-corrected chi connectivity index (χ4v) is 2.94. The second-order valence-corrected chi connectivity index (χ2v) is 6.02. The normalized spacial score (nSPS) is 11.6. The van der Waals surface area contributed by atoms with E-state index in [0.717, 1.165) is 35.0 Å². The second kappa shape index (κ2) is 6.79. The van der Waals surface area contributed by atoms with Crippen LogP contribution >= 0.6 is 31.9 Å². The molecule has 0 heterocycles. The van der Waals surface area contributed by atoms with Gasteiger partial charge in [-0.05, 0) is 37.5 Å². The van der Waals surface area contributed by atoms with Gasteiger partial charge in [0, 0.05) is 15.2 Å². The van der Waals surface area contributed by atoms with Crippen molar-refractivity contribution in [2.45, 2.75) is 33.6 Å². The molecule has 0 aliphatic carbocycles. The first kappa shape index (κ1) is 15.0. The summed E-state index contributed by atoms with van der Waals surface area (Å²) in [6.45, 7) is 7.29. The Hall–Kier alpha value is -0.0200. The molecule has 0 unspecified atom stereocenters. The Labute approximate surface area is 121 Å². The Morgan fingerprint density at radius 3 is 2.41 bits per heavy atom. The van der Waals surface area contributed by atoms with Gasteiger partial charge in [0.2, 0.25) is 0 Å². The number of alkyl halides is 1. The minimum Gasteiger partial charge on any atom is -0.493 e. The highest BCUT2D eigenvalue weighted by atomic mass is 79.9. The van der Waals surface area contributed by atoms with E-state index < -0.39 is 0 Å². The molecule has 0 spiro atoms. The van der Waals surface area contributed by atoms with Crippen molar-refractivity contribution in [3.8, 4) is 5.75 Å². The molecule has 1 rings (SSSR count). The standard InChI is InChI=1S/C14H20Br2O/c1-4-14(5-2,9-15)10-17-13-8-12(16)7-6-11(13)3/h6-8H,4-5,9-10H2,1-3H3. The van der Waals surface area contributed by atoms with Gasteiger partial charge in [0.1, 0.15) is 5.75 Å². The largest absolute Gasteiger partial charge is 0.493 e. The maximum absolute atomic E-state index is 6.00. The number of aryl methyl sites for hydroxylation is 1. The van der Waals surface area contributed by atoms with Gasteiger partial charge in [-0.3, -0.25) is 0 Å². The highest BCUT2D eigenvalue weighted by Gasteiger charge is 2.26. The van der Waals surface area contributed by atoms with Gasteiger partial charge in [0.15, 0.2) is 0 Å². The van der Waals surface area contributed by atoms with E-state index in [9.17, 15) is 0 Å². The molecule has 0 radical (unpaired) electrons. The van der Waals surface area contributed by atoms with E-state index in [-0.39, 0.29) is 5.41 Å². The van der Waals surface area contributed by atoms with Crippen LogP contribution in [0.1, 0.15) is 32.3 Å². The van der Waals surface area contributed by atoms with Crippen LogP contribution in [-0.4, -0.2) is 11.9 Å². The summed E-state index contributed by atoms with van der Waals surface area (Å²) in [4.78, 5) is 0. The molecule has 0 aromatic heterocycles. The molecule has 0 aliphatic rings. The molecular formula is C14H20Br2O. The minimum absolute atomic E-state index is 0.245. The van der Waals surface area contributed by atoms with Gasteiger partial charge in [-0.15, -0.1) is 0 Å². The Bertz CT molecular complexity index is 351. The molecular weight excluding hydrogens is 344 g/mol. The van der Waals surface area contributed by atoms with Crippen molar-refractivity contribution < 1.29 is 4.74 Å². The molecule has 17 heavy (non-hydrogen) atoms. The summed E-state index contributed by atoms with van der Waals surface area (Å²) < 4.78 is 7.06. The monoisotopic (exact) mass is 362 g/mol. The van der Waals surface area contributed by atoms with Crippen molar-refractivity contribution in [3.05, 3.63) is 28.2 Å². The molecule has 0 saturated heterocycles. The summed E-state index contributed by atoms with van der Waals surface area (Å²) >= 11 is 7.09. The summed E-state index contributed by atoms with van der Waals surface area (Å²) in [6.07, 6.45) is 2.25. The van der Waals surface area contributed by atoms with Crippen LogP contribution in [0.2, 0.25) is 0 Å². The molecule has 1 aromatic carbocycles. The summed E-state index contributed by atoms with van der Waals surface area (Å²) in [5, 5.41) is 0.986. The summed E-state index contributed by atoms with van der Waals surface area (Å²) in [5.74, 6) is 0.978. The van der Waals surface area contributed by atoms with Crippen LogP contribution in [0.15, 0.2) is 22.7 Å². The third-order valence-electron chi connectivity index (χ3n) is 3.47. The predicted molar refractivity (Wildman–Crippen MR) is 81.2 cm³/mol. The van der Waals surface area contributed by atoms with E-state index in [1.54, 1.807) is 0 Å². The highest BCUT2D eigenvalue weighted by Crippen LogP contribution is 2.31. The van der Waals surface area contributed by atoms with Crippen LogP contribution < -0.4 is 4.74 Å². The fourth-order valence-electron chi connectivity index (χ4n) is 1.64. The van der Waals surface area contributed by atoms with Crippen molar-refractivity contribution in [1.82, 2.24) is 0 Å². The van der Waals surface area contributed by atoms with E-state index in [0.29, 0.717) is 0 Å². The van der Waals surface area contributed by atoms with E-state index in [1.807, 2.05) is 12.1 Å². The Morgan fingerprint density at radius 2 is 1.88 bits per heavy atom. The minimum atomic E-state index is 0.245. The van der Waals surface area contributed by atoms with Crippen molar-refractivity contribution in [3.63, 3.8) is 0 Å². The predicted octanol–water partition coefficient (Wildman–Crippen LogP) is 5.34. The average Bonchev–Trinajstić information content (AvgIpc) is 2.35. The lowest BCUT2D eigenvalue weighted by Crippen LogP contribution is -2.29. The van der Waals surface area contributed by atoms with Crippen LogP contribution in [0.25, 0.3) is 0 Å². The number of halogens is 2. The van der Waals surface area contributed by atoms with Gasteiger partial charge in [-0.25, -0.2) is 0 Å². The van der Waals surface area contributed by atoms with Gasteiger partial charge < -0.3 is 4.74 Å². The van der Waals surface area contributed by atoms with Gasteiger partial charge in [0.05, 0.1) is 6.61 Å². The lowest BCUT2D eigenvalue weighted by atomic mass is 9.86. The maximum atomic E-state index is 6.00. The SMILES string of the molecule is CCC(CC)(CBr)COc1cc(Br)ccc1C. The van der Waals surface area contributed by atoms with Gasteiger partial charge in [-0.1, -0.05) is 51.8 Å². The number of hydrogen-bond donors (Lipinski definition) is 0. The fraction of sp³-hybridized carbons (Fsp3) is 0.571. The Morgan fingerprint density at radius 1 is 1.24 bits per heavy atom. The van der Waals surface area contributed by atoms with Crippen LogP contribution in [-0.2, 0) is 0 Å². The zero-order valence-electron chi connectivity index (χ0n) is 10.7. The molecule has 0 bridgehead atoms. The zero-order valence-corrected chi connectivity index (χ0v) is 13.9. The van der Waals surface area contributed by atoms with Crippen LogP contribution in [0, 0.1) is 12.3 Å². The first-order chi connectivity index (χ1) is 8.06. The quantitative estimate of drug-likeness (QED) is 0.620. The van der Waals surface area contributed by atoms with Crippen molar-refractivity contribution in [2.24, 2.45) is 5.41 Å². The summed E-state index contributed by atoms with van der Waals surface area (Å²) in [5.41, 5.74) is 1.43. The van der Waals surface area contributed by atoms with Crippen LogP contribution in [0.5, 0.6) is 5.75 Å². The third kappa shape index (κ3) is 3.99. The van der Waals surface area contributed by atoms with Crippen LogP contribution in [0.4, 0.5) is 0 Å². The van der Waals surface area contributed by atoms with E-state index in [1.165, 1.54) is 5.56 Å². The zero-order chi connectivity index (χ0) is 12.9. The third-order valence-corrected chi connectivity index (χ3v) is 5.15. The van der Waals surface area contributed by atoms with E-state index >= 15 is 0 Å². The molecule has 1 nitrogen and oxygen atoms in total. The molecule has 0 saturated carbocycles. The molecule has 0 aliphatic heterocycles. The summed E-state index contributed by atoms with van der Waals surface area (Å²) in [6, 6.07) is 6.16. The van der Waals surface area contributed by atoms with E-state index in [2.05, 4.69) is 58.7 Å². The van der Waals surface area contributed by atoms with Crippen molar-refractivity contribution in [1.29, 1.82) is 0 Å². The number of rotatable bonds is 6. The molecule has 0 N–H and O–H groups in total. The lowest BCUT2D eigenvalue weighted by molar-refractivity contribution is 0.157.